The van der Waals surface area contributed by atoms with Gasteiger partial charge in [0, 0.05) is 11.9 Å². The Morgan fingerprint density at radius 3 is 2.52 bits per heavy atom. The van der Waals surface area contributed by atoms with Gasteiger partial charge >= 0.3 is 0 Å². The van der Waals surface area contributed by atoms with Crippen molar-refractivity contribution in [1.82, 2.24) is 4.98 Å². The lowest BCUT2D eigenvalue weighted by atomic mass is 9.71. The van der Waals surface area contributed by atoms with E-state index >= 15 is 0 Å². The Hall–Kier alpha value is -1.61. The van der Waals surface area contributed by atoms with Crippen molar-refractivity contribution in [3.63, 3.8) is 0 Å². The maximum absolute atomic E-state index is 10.7. The van der Waals surface area contributed by atoms with Gasteiger partial charge in [-0.25, -0.2) is 4.98 Å². The Morgan fingerprint density at radius 2 is 1.76 bits per heavy atom. The molecule has 21 heavy (non-hydrogen) atoms. The van der Waals surface area contributed by atoms with Crippen molar-refractivity contribution < 1.29 is 5.11 Å². The Balaban J connectivity index is 1.66. The van der Waals surface area contributed by atoms with Gasteiger partial charge in [0.1, 0.15) is 5.82 Å². The van der Waals surface area contributed by atoms with Crippen LogP contribution in [0.5, 0.6) is 0 Å². The van der Waals surface area contributed by atoms with Gasteiger partial charge in [-0.1, -0.05) is 32.0 Å². The molecule has 1 aromatic carbocycles. The minimum Gasteiger partial charge on any atom is -0.388 e. The number of aromatic nitrogens is 1. The number of para-hydroxylation sites is 1. The van der Waals surface area contributed by atoms with Crippen LogP contribution in [0.1, 0.15) is 39.5 Å². The summed E-state index contributed by atoms with van der Waals surface area (Å²) < 4.78 is 0. The van der Waals surface area contributed by atoms with Gasteiger partial charge in [-0.05, 0) is 49.3 Å². The van der Waals surface area contributed by atoms with Crippen molar-refractivity contribution in [2.75, 3.05) is 11.9 Å². The third-order valence-corrected chi connectivity index (χ3v) is 4.73. The van der Waals surface area contributed by atoms with Crippen LogP contribution in [0.25, 0.3) is 10.9 Å². The van der Waals surface area contributed by atoms with Crippen LogP contribution in [0.4, 0.5) is 5.82 Å². The van der Waals surface area contributed by atoms with Crippen LogP contribution < -0.4 is 5.32 Å². The molecule has 0 atom stereocenters. The number of nitrogens with zero attached hydrogens (tertiary/aromatic N) is 1. The first-order valence-electron chi connectivity index (χ1n) is 7.78. The van der Waals surface area contributed by atoms with Crippen molar-refractivity contribution >= 4 is 16.7 Å². The zero-order chi connectivity index (χ0) is 14.9. The minimum atomic E-state index is -0.594. The molecule has 1 aliphatic carbocycles. The molecule has 2 N–H and O–H groups in total. The minimum absolute atomic E-state index is 0.368. The largest absolute Gasteiger partial charge is 0.388 e. The van der Waals surface area contributed by atoms with E-state index in [4.69, 9.17) is 0 Å². The number of rotatable bonds is 3. The smallest absolute Gasteiger partial charge is 0.126 e. The van der Waals surface area contributed by atoms with Crippen molar-refractivity contribution in [2.24, 2.45) is 5.41 Å². The van der Waals surface area contributed by atoms with Gasteiger partial charge in [-0.3, -0.25) is 0 Å². The van der Waals surface area contributed by atoms with Gasteiger partial charge in [0.05, 0.1) is 11.1 Å². The lowest BCUT2D eigenvalue weighted by Gasteiger charge is -2.40. The predicted molar refractivity (Wildman–Crippen MR) is 87.4 cm³/mol. The molecule has 0 bridgehead atoms. The standard InChI is InChI=1S/C18H24N2O/c1-17(2)9-11-18(21,12-10-17)13-19-16-8-7-14-5-3-4-6-15(14)20-16/h3-8,21H,9-13H2,1-2H3,(H,19,20). The van der Waals surface area contributed by atoms with Crippen LogP contribution in [-0.4, -0.2) is 22.2 Å². The topological polar surface area (TPSA) is 45.1 Å². The second-order valence-corrected chi connectivity index (χ2v) is 7.13. The van der Waals surface area contributed by atoms with Gasteiger partial charge < -0.3 is 10.4 Å². The normalized spacial score (nSPS) is 20.3. The third kappa shape index (κ3) is 3.35. The van der Waals surface area contributed by atoms with Crippen molar-refractivity contribution in [3.8, 4) is 0 Å². The summed E-state index contributed by atoms with van der Waals surface area (Å²) in [4.78, 5) is 4.60. The molecule has 0 aliphatic heterocycles. The molecule has 0 amide bonds. The fourth-order valence-electron chi connectivity index (χ4n) is 2.99. The quantitative estimate of drug-likeness (QED) is 0.896. The average molecular weight is 284 g/mol. The number of nitrogens with one attached hydrogen (secondary N) is 1. The third-order valence-electron chi connectivity index (χ3n) is 4.73. The zero-order valence-corrected chi connectivity index (χ0v) is 12.9. The molecule has 0 unspecified atom stereocenters. The summed E-state index contributed by atoms with van der Waals surface area (Å²) in [6, 6.07) is 12.1. The van der Waals surface area contributed by atoms with E-state index in [0.29, 0.717) is 12.0 Å². The van der Waals surface area contributed by atoms with Gasteiger partial charge in [0.25, 0.3) is 0 Å². The average Bonchev–Trinajstić information content (AvgIpc) is 2.49. The van der Waals surface area contributed by atoms with E-state index in [1.165, 1.54) is 0 Å². The first-order valence-corrected chi connectivity index (χ1v) is 7.78. The van der Waals surface area contributed by atoms with Crippen LogP contribution in [0.15, 0.2) is 36.4 Å². The summed E-state index contributed by atoms with van der Waals surface area (Å²) in [5, 5.41) is 15.1. The van der Waals surface area contributed by atoms with Crippen LogP contribution >= 0.6 is 0 Å². The van der Waals surface area contributed by atoms with E-state index in [1.807, 2.05) is 24.3 Å². The van der Waals surface area contributed by atoms with Crippen LogP contribution in [0.2, 0.25) is 0 Å². The molecule has 2 aromatic rings. The molecule has 3 rings (SSSR count). The second kappa shape index (κ2) is 5.30. The van der Waals surface area contributed by atoms with Crippen LogP contribution in [0.3, 0.4) is 0 Å². The highest BCUT2D eigenvalue weighted by Gasteiger charge is 2.36. The Morgan fingerprint density at radius 1 is 1.05 bits per heavy atom. The number of aliphatic hydroxyl groups is 1. The first-order chi connectivity index (χ1) is 9.96. The highest BCUT2D eigenvalue weighted by molar-refractivity contribution is 5.80. The van der Waals surface area contributed by atoms with Crippen molar-refractivity contribution in [3.05, 3.63) is 36.4 Å². The number of anilines is 1. The molecule has 0 saturated heterocycles. The SMILES string of the molecule is CC1(C)CCC(O)(CNc2ccc3ccccc3n2)CC1. The number of benzene rings is 1. The zero-order valence-electron chi connectivity index (χ0n) is 12.9. The van der Waals surface area contributed by atoms with Gasteiger partial charge in [0.15, 0.2) is 0 Å². The fraction of sp³-hybridized carbons (Fsp3) is 0.500. The summed E-state index contributed by atoms with van der Waals surface area (Å²) >= 11 is 0. The lowest BCUT2D eigenvalue weighted by Crippen LogP contribution is -2.42. The molecule has 1 heterocycles. The van der Waals surface area contributed by atoms with Gasteiger partial charge in [-0.2, -0.15) is 0 Å². The maximum Gasteiger partial charge on any atom is 0.126 e. The molecule has 3 nitrogen and oxygen atoms in total. The van der Waals surface area contributed by atoms with E-state index in [1.54, 1.807) is 0 Å². The Bertz CT molecular complexity index is 626. The molecule has 1 saturated carbocycles. The summed E-state index contributed by atoms with van der Waals surface area (Å²) in [6.45, 7) is 5.14. The Kier molecular flexibility index (Phi) is 3.62. The molecule has 3 heteroatoms. The number of hydrogen-bond acceptors (Lipinski definition) is 3. The van der Waals surface area contributed by atoms with Crippen LogP contribution in [0, 0.1) is 5.41 Å². The number of pyridine rings is 1. The predicted octanol–water partition coefficient (Wildman–Crippen LogP) is 3.98. The van der Waals surface area contributed by atoms with E-state index in [2.05, 4.69) is 36.3 Å². The second-order valence-electron chi connectivity index (χ2n) is 7.13. The van der Waals surface area contributed by atoms with E-state index < -0.39 is 5.60 Å². The molecule has 0 spiro atoms. The molecule has 1 aromatic heterocycles. The maximum atomic E-state index is 10.7. The summed E-state index contributed by atoms with van der Waals surface area (Å²) in [6.07, 6.45) is 3.88. The van der Waals surface area contributed by atoms with E-state index in [0.717, 1.165) is 42.4 Å². The molecular formula is C18H24N2O. The van der Waals surface area contributed by atoms with E-state index in [-0.39, 0.29) is 0 Å². The summed E-state index contributed by atoms with van der Waals surface area (Å²) in [5.41, 5.74) is 0.760. The Labute approximate surface area is 126 Å². The fourth-order valence-corrected chi connectivity index (χ4v) is 2.99. The van der Waals surface area contributed by atoms with Crippen LogP contribution in [-0.2, 0) is 0 Å². The van der Waals surface area contributed by atoms with E-state index in [9.17, 15) is 5.11 Å². The number of hydrogen-bond donors (Lipinski definition) is 2. The monoisotopic (exact) mass is 284 g/mol. The van der Waals surface area contributed by atoms with Gasteiger partial charge in [-0.15, -0.1) is 0 Å². The van der Waals surface area contributed by atoms with Gasteiger partial charge in [0.2, 0.25) is 0 Å². The molecular weight excluding hydrogens is 260 g/mol. The lowest BCUT2D eigenvalue weighted by molar-refractivity contribution is -0.0145. The summed E-state index contributed by atoms with van der Waals surface area (Å²) in [5.74, 6) is 0.840. The highest BCUT2D eigenvalue weighted by Crippen LogP contribution is 2.40. The first kappa shape index (κ1) is 14.3. The molecule has 112 valence electrons. The molecule has 1 aliphatic rings. The molecule has 0 radical (unpaired) electrons. The summed E-state index contributed by atoms with van der Waals surface area (Å²) in [7, 11) is 0. The molecule has 1 fully saturated rings. The van der Waals surface area contributed by atoms with Crippen molar-refractivity contribution in [2.45, 2.75) is 45.1 Å². The van der Waals surface area contributed by atoms with Crippen molar-refractivity contribution in [1.29, 1.82) is 0 Å². The number of fused-ring (bicyclic) bond motifs is 1. The highest BCUT2D eigenvalue weighted by atomic mass is 16.3.